The maximum atomic E-state index is 4.14. The van der Waals surface area contributed by atoms with Crippen LogP contribution in [0.15, 0.2) is 23.5 Å². The SMILES string of the molecule is Sc1ccnc2cnnn12. The zero-order valence-corrected chi connectivity index (χ0v) is 5.86. The van der Waals surface area contributed by atoms with Gasteiger partial charge in [0.05, 0.1) is 6.20 Å². The first-order valence-corrected chi connectivity index (χ1v) is 3.17. The quantitative estimate of drug-likeness (QED) is 0.439. The molecule has 0 atom stereocenters. The molecule has 0 spiro atoms. The van der Waals surface area contributed by atoms with Crippen LogP contribution in [0.25, 0.3) is 5.65 Å². The monoisotopic (exact) mass is 152 g/mol. The third-order valence-corrected chi connectivity index (χ3v) is 1.52. The van der Waals surface area contributed by atoms with E-state index in [-0.39, 0.29) is 0 Å². The third-order valence-electron chi connectivity index (χ3n) is 1.18. The number of fused-ring (bicyclic) bond motifs is 1. The maximum absolute atomic E-state index is 4.14. The van der Waals surface area contributed by atoms with Crippen LogP contribution in [0.1, 0.15) is 0 Å². The van der Waals surface area contributed by atoms with E-state index in [1.165, 1.54) is 0 Å². The molecule has 50 valence electrons. The standard InChI is InChI=1S/C5H4N4S/c10-5-1-2-6-4-3-7-8-9(4)5/h1-3,10H. The predicted octanol–water partition coefficient (Wildman–Crippen LogP) is 0.413. The van der Waals surface area contributed by atoms with Gasteiger partial charge in [0, 0.05) is 6.20 Å². The second-order valence-electron chi connectivity index (χ2n) is 1.81. The summed E-state index contributed by atoms with van der Waals surface area (Å²) in [6, 6.07) is 1.75. The molecule has 0 aliphatic heterocycles. The van der Waals surface area contributed by atoms with Crippen molar-refractivity contribution in [3.8, 4) is 0 Å². The van der Waals surface area contributed by atoms with E-state index in [2.05, 4.69) is 27.9 Å². The second-order valence-corrected chi connectivity index (χ2v) is 2.27. The Hall–Kier alpha value is -1.10. The molecule has 2 heterocycles. The van der Waals surface area contributed by atoms with Crippen LogP contribution in [-0.2, 0) is 0 Å². The van der Waals surface area contributed by atoms with Gasteiger partial charge < -0.3 is 0 Å². The first-order chi connectivity index (χ1) is 4.88. The van der Waals surface area contributed by atoms with Crippen molar-refractivity contribution >= 4 is 18.3 Å². The molecule has 0 bridgehead atoms. The Morgan fingerprint density at radius 1 is 1.50 bits per heavy atom. The Labute approximate surface area is 62.3 Å². The summed E-state index contributed by atoms with van der Waals surface area (Å²) in [7, 11) is 0. The zero-order chi connectivity index (χ0) is 6.97. The Bertz CT molecular complexity index is 355. The lowest BCUT2D eigenvalue weighted by molar-refractivity contribution is 0.781. The van der Waals surface area contributed by atoms with Crippen molar-refractivity contribution in [2.75, 3.05) is 0 Å². The van der Waals surface area contributed by atoms with Crippen LogP contribution in [0, 0.1) is 0 Å². The minimum atomic E-state index is 0.715. The van der Waals surface area contributed by atoms with Crippen LogP contribution < -0.4 is 0 Å². The van der Waals surface area contributed by atoms with E-state index in [0.29, 0.717) is 5.65 Å². The summed E-state index contributed by atoms with van der Waals surface area (Å²) in [5, 5.41) is 8.15. The molecule has 0 amide bonds. The lowest BCUT2D eigenvalue weighted by Gasteiger charge is -1.91. The van der Waals surface area contributed by atoms with Gasteiger partial charge in [-0.15, -0.1) is 17.7 Å². The first-order valence-electron chi connectivity index (χ1n) is 2.72. The summed E-state index contributed by atoms with van der Waals surface area (Å²) < 4.78 is 1.56. The van der Waals surface area contributed by atoms with E-state index in [4.69, 9.17) is 0 Å². The number of rotatable bonds is 0. The van der Waals surface area contributed by atoms with Gasteiger partial charge in [-0.3, -0.25) is 0 Å². The van der Waals surface area contributed by atoms with Crippen molar-refractivity contribution in [3.05, 3.63) is 18.5 Å². The van der Waals surface area contributed by atoms with Crippen molar-refractivity contribution in [3.63, 3.8) is 0 Å². The molecule has 0 saturated heterocycles. The van der Waals surface area contributed by atoms with Crippen LogP contribution in [-0.4, -0.2) is 19.8 Å². The normalized spacial score (nSPS) is 10.5. The molecule has 0 saturated carbocycles. The molecule has 10 heavy (non-hydrogen) atoms. The zero-order valence-electron chi connectivity index (χ0n) is 4.97. The van der Waals surface area contributed by atoms with Crippen LogP contribution in [0.2, 0.25) is 0 Å². The fraction of sp³-hybridized carbons (Fsp3) is 0. The van der Waals surface area contributed by atoms with E-state index >= 15 is 0 Å². The minimum absolute atomic E-state index is 0.715. The molecule has 2 aromatic heterocycles. The Morgan fingerprint density at radius 3 is 3.20 bits per heavy atom. The predicted molar refractivity (Wildman–Crippen MR) is 38.0 cm³/mol. The average Bonchev–Trinajstić information content (AvgIpc) is 2.36. The fourth-order valence-electron chi connectivity index (χ4n) is 0.732. The van der Waals surface area contributed by atoms with Gasteiger partial charge in [-0.1, -0.05) is 5.21 Å². The van der Waals surface area contributed by atoms with Crippen LogP contribution in [0.5, 0.6) is 0 Å². The Kier molecular flexibility index (Phi) is 1.10. The highest BCUT2D eigenvalue weighted by molar-refractivity contribution is 7.80. The lowest BCUT2D eigenvalue weighted by atomic mass is 10.6. The van der Waals surface area contributed by atoms with Gasteiger partial charge in [-0.25, -0.2) is 4.98 Å². The van der Waals surface area contributed by atoms with Gasteiger partial charge >= 0.3 is 0 Å². The molecular weight excluding hydrogens is 148 g/mol. The van der Waals surface area contributed by atoms with Gasteiger partial charge in [0.2, 0.25) is 0 Å². The first kappa shape index (κ1) is 5.67. The smallest absolute Gasteiger partial charge is 0.176 e. The topological polar surface area (TPSA) is 43.1 Å². The van der Waals surface area contributed by atoms with Gasteiger partial charge in [-0.05, 0) is 6.07 Å². The number of hydrogen-bond donors (Lipinski definition) is 1. The van der Waals surface area contributed by atoms with Gasteiger partial charge in [0.25, 0.3) is 0 Å². The summed E-state index contributed by atoms with van der Waals surface area (Å²) in [6.07, 6.45) is 3.25. The van der Waals surface area contributed by atoms with Crippen molar-refractivity contribution in [2.45, 2.75) is 5.03 Å². The summed E-state index contributed by atoms with van der Waals surface area (Å²) in [5.74, 6) is 0. The fourth-order valence-corrected chi connectivity index (χ4v) is 0.941. The van der Waals surface area contributed by atoms with E-state index in [9.17, 15) is 0 Å². The highest BCUT2D eigenvalue weighted by Gasteiger charge is 1.95. The molecule has 0 aliphatic carbocycles. The van der Waals surface area contributed by atoms with E-state index in [0.717, 1.165) is 5.03 Å². The molecule has 5 heteroatoms. The van der Waals surface area contributed by atoms with Crippen molar-refractivity contribution < 1.29 is 0 Å². The minimum Gasteiger partial charge on any atom is -0.236 e. The van der Waals surface area contributed by atoms with Crippen molar-refractivity contribution in [1.29, 1.82) is 0 Å². The Morgan fingerprint density at radius 2 is 2.40 bits per heavy atom. The van der Waals surface area contributed by atoms with E-state index in [1.54, 1.807) is 23.0 Å². The summed E-state index contributed by atoms with van der Waals surface area (Å²) >= 11 is 4.14. The molecule has 2 aromatic rings. The molecule has 0 fully saturated rings. The lowest BCUT2D eigenvalue weighted by Crippen LogP contribution is -1.90. The Balaban J connectivity index is 2.95. The van der Waals surface area contributed by atoms with Crippen LogP contribution in [0.4, 0.5) is 0 Å². The second kappa shape index (κ2) is 1.95. The molecule has 0 aromatic carbocycles. The molecule has 4 nitrogen and oxygen atoms in total. The van der Waals surface area contributed by atoms with Gasteiger partial charge in [0.1, 0.15) is 5.03 Å². The number of hydrogen-bond acceptors (Lipinski definition) is 4. The summed E-state index contributed by atoms with van der Waals surface area (Å²) in [6.45, 7) is 0. The summed E-state index contributed by atoms with van der Waals surface area (Å²) in [4.78, 5) is 3.99. The highest BCUT2D eigenvalue weighted by Crippen LogP contribution is 2.04. The van der Waals surface area contributed by atoms with Crippen LogP contribution in [0.3, 0.4) is 0 Å². The third kappa shape index (κ3) is 0.672. The van der Waals surface area contributed by atoms with Crippen LogP contribution >= 0.6 is 12.6 Å². The largest absolute Gasteiger partial charge is 0.236 e. The molecule has 2 rings (SSSR count). The molecule has 0 unspecified atom stereocenters. The van der Waals surface area contributed by atoms with Crippen molar-refractivity contribution in [2.24, 2.45) is 0 Å². The number of nitrogens with zero attached hydrogens (tertiary/aromatic N) is 4. The average molecular weight is 152 g/mol. The highest BCUT2D eigenvalue weighted by atomic mass is 32.1. The van der Waals surface area contributed by atoms with Gasteiger partial charge in [0.15, 0.2) is 5.65 Å². The van der Waals surface area contributed by atoms with E-state index < -0.39 is 0 Å². The summed E-state index contributed by atoms with van der Waals surface area (Å²) in [5.41, 5.74) is 0.715. The molecular formula is C5H4N4S. The van der Waals surface area contributed by atoms with Gasteiger partial charge in [-0.2, -0.15) is 4.52 Å². The van der Waals surface area contributed by atoms with E-state index in [1.807, 2.05) is 0 Å². The number of aromatic nitrogens is 4. The maximum Gasteiger partial charge on any atom is 0.176 e. The molecule has 0 aliphatic rings. The molecule has 0 N–H and O–H groups in total. The van der Waals surface area contributed by atoms with Crippen molar-refractivity contribution in [1.82, 2.24) is 19.8 Å². The molecule has 0 radical (unpaired) electrons. The number of thiol groups is 1.